The zero-order valence-electron chi connectivity index (χ0n) is 16.2. The van der Waals surface area contributed by atoms with E-state index in [9.17, 15) is 9.59 Å². The third-order valence-corrected chi connectivity index (χ3v) is 3.82. The summed E-state index contributed by atoms with van der Waals surface area (Å²) in [6.45, 7) is 5.67. The summed E-state index contributed by atoms with van der Waals surface area (Å²) < 4.78 is 10.8. The van der Waals surface area contributed by atoms with Crippen LogP contribution in [-0.2, 0) is 9.59 Å². The number of rotatable bonds is 8. The maximum absolute atomic E-state index is 12.3. The molecule has 0 unspecified atom stereocenters. The predicted molar refractivity (Wildman–Crippen MR) is 106 cm³/mol. The van der Waals surface area contributed by atoms with Gasteiger partial charge in [0.25, 0.3) is 0 Å². The van der Waals surface area contributed by atoms with E-state index >= 15 is 0 Å². The number of nitrogens with zero attached hydrogens (tertiary/aromatic N) is 1. The number of carbonyl (C=O) groups is 2. The van der Waals surface area contributed by atoms with Gasteiger partial charge in [-0.25, -0.2) is 0 Å². The molecule has 2 aromatic carbocycles. The van der Waals surface area contributed by atoms with Crippen LogP contribution < -0.4 is 19.7 Å². The Morgan fingerprint density at radius 1 is 1.07 bits per heavy atom. The summed E-state index contributed by atoms with van der Waals surface area (Å²) in [5, 5.41) is 2.83. The molecule has 0 bridgehead atoms. The van der Waals surface area contributed by atoms with Crippen molar-refractivity contribution in [2.24, 2.45) is 0 Å². The van der Waals surface area contributed by atoms with Gasteiger partial charge < -0.3 is 19.7 Å². The van der Waals surface area contributed by atoms with Crippen molar-refractivity contribution in [2.75, 3.05) is 23.9 Å². The van der Waals surface area contributed by atoms with Crippen molar-refractivity contribution in [3.8, 4) is 11.5 Å². The fourth-order valence-electron chi connectivity index (χ4n) is 2.57. The van der Waals surface area contributed by atoms with Crippen LogP contribution >= 0.6 is 0 Å². The quantitative estimate of drug-likeness (QED) is 0.766. The first-order chi connectivity index (χ1) is 12.9. The Kier molecular flexibility index (Phi) is 7.23. The van der Waals surface area contributed by atoms with Crippen molar-refractivity contribution in [3.05, 3.63) is 48.5 Å². The topological polar surface area (TPSA) is 67.9 Å². The van der Waals surface area contributed by atoms with Gasteiger partial charge in [0.15, 0.2) is 0 Å². The molecule has 0 aliphatic carbocycles. The maximum Gasteiger partial charge on any atom is 0.226 e. The normalized spacial score (nSPS) is 10.4. The molecule has 2 rings (SSSR count). The molecule has 6 nitrogen and oxygen atoms in total. The molecule has 0 saturated carbocycles. The lowest BCUT2D eigenvalue weighted by molar-refractivity contribution is -0.117. The van der Waals surface area contributed by atoms with Gasteiger partial charge in [0.05, 0.1) is 13.2 Å². The second-order valence-corrected chi connectivity index (χ2v) is 6.36. The summed E-state index contributed by atoms with van der Waals surface area (Å²) in [6, 6.07) is 14.4. The fourth-order valence-corrected chi connectivity index (χ4v) is 2.57. The first kappa shape index (κ1) is 20.3. The smallest absolute Gasteiger partial charge is 0.226 e. The molecule has 0 saturated heterocycles. The second-order valence-electron chi connectivity index (χ2n) is 6.36. The van der Waals surface area contributed by atoms with Crippen molar-refractivity contribution >= 4 is 23.2 Å². The Labute approximate surface area is 160 Å². The number of anilines is 2. The molecule has 27 heavy (non-hydrogen) atoms. The van der Waals surface area contributed by atoms with Crippen LogP contribution in [0.25, 0.3) is 0 Å². The number of carbonyl (C=O) groups excluding carboxylic acids is 2. The number of methoxy groups -OCH3 is 1. The van der Waals surface area contributed by atoms with Gasteiger partial charge >= 0.3 is 0 Å². The summed E-state index contributed by atoms with van der Waals surface area (Å²) in [6.07, 6.45) is 0.278. The van der Waals surface area contributed by atoms with Crippen LogP contribution in [0.15, 0.2) is 48.5 Å². The Morgan fingerprint density at radius 3 is 2.37 bits per heavy atom. The van der Waals surface area contributed by atoms with E-state index in [4.69, 9.17) is 9.47 Å². The van der Waals surface area contributed by atoms with Crippen LogP contribution in [-0.4, -0.2) is 31.6 Å². The molecule has 2 aromatic rings. The lowest BCUT2D eigenvalue weighted by Gasteiger charge is -2.21. The molecule has 0 heterocycles. The highest BCUT2D eigenvalue weighted by Gasteiger charge is 2.14. The third-order valence-electron chi connectivity index (χ3n) is 3.82. The molecule has 1 N–H and O–H groups in total. The molecule has 0 aliphatic rings. The van der Waals surface area contributed by atoms with Crippen molar-refractivity contribution in [1.82, 2.24) is 0 Å². The fraction of sp³-hybridized carbons (Fsp3) is 0.333. The van der Waals surface area contributed by atoms with Crippen molar-refractivity contribution in [3.63, 3.8) is 0 Å². The average molecular weight is 370 g/mol. The van der Waals surface area contributed by atoms with E-state index in [1.807, 2.05) is 38.1 Å². The summed E-state index contributed by atoms with van der Waals surface area (Å²) in [5.74, 6) is 1.11. The third kappa shape index (κ3) is 6.33. The van der Waals surface area contributed by atoms with E-state index in [0.29, 0.717) is 17.1 Å². The molecule has 0 fully saturated rings. The Hall–Kier alpha value is -3.02. The van der Waals surface area contributed by atoms with Gasteiger partial charge in [-0.05, 0) is 50.2 Å². The summed E-state index contributed by atoms with van der Waals surface area (Å²) in [4.78, 5) is 25.8. The molecular formula is C21H26N2O4. The monoisotopic (exact) mass is 370 g/mol. The van der Waals surface area contributed by atoms with Crippen LogP contribution in [0.2, 0.25) is 0 Å². The van der Waals surface area contributed by atoms with Crippen LogP contribution in [0.5, 0.6) is 11.5 Å². The maximum atomic E-state index is 12.3. The van der Waals surface area contributed by atoms with Gasteiger partial charge in [-0.1, -0.05) is 6.07 Å². The lowest BCUT2D eigenvalue weighted by Crippen LogP contribution is -2.31. The van der Waals surface area contributed by atoms with E-state index < -0.39 is 0 Å². The molecule has 6 heteroatoms. The van der Waals surface area contributed by atoms with E-state index in [1.54, 1.807) is 36.3 Å². The minimum atomic E-state index is -0.165. The zero-order valence-corrected chi connectivity index (χ0v) is 16.2. The number of benzene rings is 2. The van der Waals surface area contributed by atoms with Crippen LogP contribution in [0.3, 0.4) is 0 Å². The summed E-state index contributed by atoms with van der Waals surface area (Å²) >= 11 is 0. The highest BCUT2D eigenvalue weighted by molar-refractivity contribution is 5.94. The minimum Gasteiger partial charge on any atom is -0.497 e. The molecule has 0 spiro atoms. The van der Waals surface area contributed by atoms with E-state index in [2.05, 4.69) is 5.32 Å². The first-order valence-corrected chi connectivity index (χ1v) is 8.87. The van der Waals surface area contributed by atoms with Crippen LogP contribution in [0.4, 0.5) is 11.4 Å². The number of amides is 2. The van der Waals surface area contributed by atoms with Crippen molar-refractivity contribution in [2.45, 2.75) is 33.3 Å². The Bertz CT molecular complexity index is 772. The van der Waals surface area contributed by atoms with Crippen LogP contribution in [0.1, 0.15) is 27.2 Å². The molecule has 0 atom stereocenters. The Balaban J connectivity index is 1.94. The highest BCUT2D eigenvalue weighted by atomic mass is 16.5. The van der Waals surface area contributed by atoms with E-state index in [-0.39, 0.29) is 30.9 Å². The second kappa shape index (κ2) is 9.62. The number of hydrogen-bond acceptors (Lipinski definition) is 4. The van der Waals surface area contributed by atoms with Gasteiger partial charge in [0.2, 0.25) is 11.8 Å². The van der Waals surface area contributed by atoms with Gasteiger partial charge in [0, 0.05) is 37.3 Å². The standard InChI is InChI=1S/C21H26N2O4/c1-15(2)27-19-10-8-17(9-11-19)22-21(25)12-13-23(16(3)24)18-6-5-7-20(14-18)26-4/h5-11,14-15H,12-13H2,1-4H3,(H,22,25). The zero-order chi connectivity index (χ0) is 19.8. The van der Waals surface area contributed by atoms with Gasteiger partial charge in [0.1, 0.15) is 11.5 Å². The highest BCUT2D eigenvalue weighted by Crippen LogP contribution is 2.22. The van der Waals surface area contributed by atoms with E-state index in [1.165, 1.54) is 6.92 Å². The van der Waals surface area contributed by atoms with Gasteiger partial charge in [-0.15, -0.1) is 0 Å². The number of nitrogens with one attached hydrogen (secondary N) is 1. The first-order valence-electron chi connectivity index (χ1n) is 8.87. The molecule has 0 radical (unpaired) electrons. The van der Waals surface area contributed by atoms with Gasteiger partial charge in [-0.3, -0.25) is 9.59 Å². The minimum absolute atomic E-state index is 0.0969. The number of ether oxygens (including phenoxy) is 2. The summed E-state index contributed by atoms with van der Waals surface area (Å²) in [5.41, 5.74) is 1.39. The molecule has 0 aliphatic heterocycles. The van der Waals surface area contributed by atoms with Crippen molar-refractivity contribution in [1.29, 1.82) is 0 Å². The number of hydrogen-bond donors (Lipinski definition) is 1. The van der Waals surface area contributed by atoms with Gasteiger partial charge in [-0.2, -0.15) is 0 Å². The predicted octanol–water partition coefficient (Wildman–Crippen LogP) is 3.86. The summed E-state index contributed by atoms with van der Waals surface area (Å²) in [7, 11) is 1.57. The average Bonchev–Trinajstić information content (AvgIpc) is 2.63. The lowest BCUT2D eigenvalue weighted by atomic mass is 10.2. The molecule has 144 valence electrons. The van der Waals surface area contributed by atoms with Crippen LogP contribution in [0, 0.1) is 0 Å². The van der Waals surface area contributed by atoms with Crippen molar-refractivity contribution < 1.29 is 19.1 Å². The largest absolute Gasteiger partial charge is 0.497 e. The molecule has 0 aromatic heterocycles. The molecule has 2 amide bonds. The molecular weight excluding hydrogens is 344 g/mol. The SMILES string of the molecule is COc1cccc(N(CCC(=O)Nc2ccc(OC(C)C)cc2)C(C)=O)c1. The Morgan fingerprint density at radius 2 is 1.78 bits per heavy atom. The van der Waals surface area contributed by atoms with E-state index in [0.717, 1.165) is 5.75 Å².